The summed E-state index contributed by atoms with van der Waals surface area (Å²) in [6.45, 7) is 7.60. The lowest BCUT2D eigenvalue weighted by molar-refractivity contribution is 0.128. The molecule has 0 saturated carbocycles. The van der Waals surface area contributed by atoms with Gasteiger partial charge in [-0.25, -0.2) is 4.98 Å². The highest BCUT2D eigenvalue weighted by Gasteiger charge is 2.10. The number of ether oxygens (including phenoxy) is 1. The number of hydrogen-bond donors (Lipinski definition) is 1. The van der Waals surface area contributed by atoms with Gasteiger partial charge in [0, 0.05) is 6.61 Å². The maximum Gasteiger partial charge on any atom is 0.133 e. The number of imidazole rings is 1. The van der Waals surface area contributed by atoms with Gasteiger partial charge in [0.1, 0.15) is 16.1 Å². The zero-order valence-electron chi connectivity index (χ0n) is 8.22. The number of nitrogens with zero attached hydrogens (tertiary/aromatic N) is 1. The molecule has 74 valence electrons. The molecule has 0 fully saturated rings. The molecule has 0 unspecified atom stereocenters. The Hall–Kier alpha value is -0.100. The summed E-state index contributed by atoms with van der Waals surface area (Å²) in [6, 6.07) is 0. The second-order valence-electron chi connectivity index (χ2n) is 3.18. The van der Waals surface area contributed by atoms with Gasteiger partial charge in [-0.3, -0.25) is 0 Å². The Morgan fingerprint density at radius 2 is 2.23 bits per heavy atom. The molecule has 0 saturated heterocycles. The molecule has 0 spiro atoms. The van der Waals surface area contributed by atoms with Gasteiger partial charge in [-0.15, -0.1) is 0 Å². The number of halogens is 1. The van der Waals surface area contributed by atoms with Crippen molar-refractivity contribution in [2.75, 3.05) is 6.61 Å². The lowest BCUT2D eigenvalue weighted by Gasteiger charge is -2.00. The van der Waals surface area contributed by atoms with Crippen molar-refractivity contribution in [3.8, 4) is 0 Å². The van der Waals surface area contributed by atoms with Crippen molar-refractivity contribution in [3.63, 3.8) is 0 Å². The third-order valence-electron chi connectivity index (χ3n) is 1.75. The Balaban J connectivity index is 2.71. The SMILES string of the molecule is CCOCc1nc(I)c(C(C)C)[nH]1. The van der Waals surface area contributed by atoms with E-state index in [0.717, 1.165) is 16.1 Å². The summed E-state index contributed by atoms with van der Waals surface area (Å²) in [5, 5.41) is 0. The Bertz CT molecular complexity index is 271. The second-order valence-corrected chi connectivity index (χ2v) is 4.20. The fraction of sp³-hybridized carbons (Fsp3) is 0.667. The predicted octanol–water partition coefficient (Wildman–Crippen LogP) is 2.67. The highest BCUT2D eigenvalue weighted by molar-refractivity contribution is 14.1. The largest absolute Gasteiger partial charge is 0.374 e. The number of aromatic nitrogens is 2. The zero-order valence-corrected chi connectivity index (χ0v) is 10.4. The van der Waals surface area contributed by atoms with E-state index >= 15 is 0 Å². The summed E-state index contributed by atoms with van der Waals surface area (Å²) in [5.74, 6) is 1.42. The van der Waals surface area contributed by atoms with Crippen LogP contribution in [0.15, 0.2) is 0 Å². The average molecular weight is 294 g/mol. The van der Waals surface area contributed by atoms with Crippen LogP contribution in [0.4, 0.5) is 0 Å². The molecular formula is C9H15IN2O. The van der Waals surface area contributed by atoms with Gasteiger partial charge in [0.05, 0.1) is 5.69 Å². The second kappa shape index (κ2) is 4.95. The number of aromatic amines is 1. The molecule has 0 aliphatic rings. The first kappa shape index (κ1) is 11.0. The smallest absolute Gasteiger partial charge is 0.133 e. The minimum Gasteiger partial charge on any atom is -0.374 e. The Morgan fingerprint density at radius 1 is 1.54 bits per heavy atom. The molecule has 1 rings (SSSR count). The number of rotatable bonds is 4. The van der Waals surface area contributed by atoms with Crippen LogP contribution >= 0.6 is 22.6 Å². The molecule has 3 nitrogen and oxygen atoms in total. The first-order chi connectivity index (χ1) is 6.15. The van der Waals surface area contributed by atoms with Crippen LogP contribution in [0.3, 0.4) is 0 Å². The third-order valence-corrected chi connectivity index (χ3v) is 2.58. The topological polar surface area (TPSA) is 37.9 Å². The molecule has 0 amide bonds. The van der Waals surface area contributed by atoms with Gasteiger partial charge in [-0.1, -0.05) is 13.8 Å². The van der Waals surface area contributed by atoms with Gasteiger partial charge in [0.2, 0.25) is 0 Å². The van der Waals surface area contributed by atoms with E-state index in [4.69, 9.17) is 4.74 Å². The molecular weight excluding hydrogens is 279 g/mol. The summed E-state index contributed by atoms with van der Waals surface area (Å²) in [4.78, 5) is 7.65. The predicted molar refractivity (Wildman–Crippen MR) is 60.7 cm³/mol. The fourth-order valence-electron chi connectivity index (χ4n) is 1.06. The first-order valence-electron chi connectivity index (χ1n) is 4.47. The Labute approximate surface area is 92.4 Å². The van der Waals surface area contributed by atoms with Crippen molar-refractivity contribution < 1.29 is 4.74 Å². The van der Waals surface area contributed by atoms with E-state index in [1.54, 1.807) is 0 Å². The van der Waals surface area contributed by atoms with Crippen LogP contribution in [-0.2, 0) is 11.3 Å². The molecule has 0 aromatic carbocycles. The maximum atomic E-state index is 5.27. The van der Waals surface area contributed by atoms with Crippen LogP contribution < -0.4 is 0 Å². The highest BCUT2D eigenvalue weighted by atomic mass is 127. The lowest BCUT2D eigenvalue weighted by Crippen LogP contribution is -1.94. The first-order valence-corrected chi connectivity index (χ1v) is 5.55. The summed E-state index contributed by atoms with van der Waals surface area (Å²) >= 11 is 2.25. The summed E-state index contributed by atoms with van der Waals surface area (Å²) in [5.41, 5.74) is 1.20. The molecule has 0 radical (unpaired) electrons. The molecule has 1 heterocycles. The van der Waals surface area contributed by atoms with Crippen LogP contribution in [0.2, 0.25) is 0 Å². The molecule has 0 aliphatic heterocycles. The standard InChI is InChI=1S/C9H15IN2O/c1-4-13-5-7-11-8(6(2)3)9(10)12-7/h6H,4-5H2,1-3H3,(H,11,12). The van der Waals surface area contributed by atoms with Gasteiger partial charge in [-0.05, 0) is 35.4 Å². The van der Waals surface area contributed by atoms with Crippen LogP contribution in [0.25, 0.3) is 0 Å². The number of H-pyrrole nitrogens is 1. The quantitative estimate of drug-likeness (QED) is 0.867. The summed E-state index contributed by atoms with van der Waals surface area (Å²) in [7, 11) is 0. The maximum absolute atomic E-state index is 5.27. The van der Waals surface area contributed by atoms with Gasteiger partial charge in [0.15, 0.2) is 0 Å². The average Bonchev–Trinajstić information content (AvgIpc) is 2.43. The molecule has 4 heteroatoms. The number of hydrogen-bond acceptors (Lipinski definition) is 2. The van der Waals surface area contributed by atoms with E-state index in [1.807, 2.05) is 6.92 Å². The van der Waals surface area contributed by atoms with E-state index in [2.05, 4.69) is 46.4 Å². The number of nitrogens with one attached hydrogen (secondary N) is 1. The monoisotopic (exact) mass is 294 g/mol. The highest BCUT2D eigenvalue weighted by Crippen LogP contribution is 2.18. The Kier molecular flexibility index (Phi) is 4.18. The molecule has 13 heavy (non-hydrogen) atoms. The molecule has 1 N–H and O–H groups in total. The van der Waals surface area contributed by atoms with Crippen LogP contribution in [-0.4, -0.2) is 16.6 Å². The minimum absolute atomic E-state index is 0.495. The zero-order chi connectivity index (χ0) is 9.84. The van der Waals surface area contributed by atoms with Crippen molar-refractivity contribution >= 4 is 22.6 Å². The van der Waals surface area contributed by atoms with Crippen molar-refractivity contribution in [2.24, 2.45) is 0 Å². The minimum atomic E-state index is 0.495. The van der Waals surface area contributed by atoms with E-state index in [1.165, 1.54) is 5.69 Å². The van der Waals surface area contributed by atoms with Gasteiger partial charge >= 0.3 is 0 Å². The summed E-state index contributed by atoms with van der Waals surface area (Å²) in [6.07, 6.45) is 0. The molecule has 1 aromatic heterocycles. The van der Waals surface area contributed by atoms with Crippen molar-refractivity contribution in [2.45, 2.75) is 33.3 Å². The van der Waals surface area contributed by atoms with E-state index in [0.29, 0.717) is 12.5 Å². The fourth-order valence-corrected chi connectivity index (χ4v) is 2.11. The molecule has 1 aromatic rings. The van der Waals surface area contributed by atoms with E-state index < -0.39 is 0 Å². The van der Waals surface area contributed by atoms with Crippen molar-refractivity contribution in [1.29, 1.82) is 0 Å². The van der Waals surface area contributed by atoms with Gasteiger partial charge < -0.3 is 9.72 Å². The molecule has 0 atom stereocenters. The van der Waals surface area contributed by atoms with Gasteiger partial charge in [0.25, 0.3) is 0 Å². The van der Waals surface area contributed by atoms with Gasteiger partial charge in [-0.2, -0.15) is 0 Å². The normalized spacial score (nSPS) is 11.2. The van der Waals surface area contributed by atoms with Crippen LogP contribution in [0.1, 0.15) is 38.2 Å². The van der Waals surface area contributed by atoms with Crippen molar-refractivity contribution in [3.05, 3.63) is 15.2 Å². The van der Waals surface area contributed by atoms with Crippen molar-refractivity contribution in [1.82, 2.24) is 9.97 Å². The lowest BCUT2D eigenvalue weighted by atomic mass is 10.2. The Morgan fingerprint density at radius 3 is 2.69 bits per heavy atom. The third kappa shape index (κ3) is 2.95. The van der Waals surface area contributed by atoms with Crippen LogP contribution in [0.5, 0.6) is 0 Å². The van der Waals surface area contributed by atoms with Crippen LogP contribution in [0, 0.1) is 3.70 Å². The van der Waals surface area contributed by atoms with E-state index in [-0.39, 0.29) is 0 Å². The van der Waals surface area contributed by atoms with E-state index in [9.17, 15) is 0 Å². The molecule has 0 aliphatic carbocycles. The summed E-state index contributed by atoms with van der Waals surface area (Å²) < 4.78 is 6.33. The molecule has 0 bridgehead atoms.